The molecule has 0 amide bonds. The number of methoxy groups -OCH3 is 1. The Morgan fingerprint density at radius 2 is 1.85 bits per heavy atom. The lowest BCUT2D eigenvalue weighted by Crippen LogP contribution is -2.24. The fraction of sp³-hybridized carbons (Fsp3) is 0.280. The number of halogens is 2. The molecule has 0 saturated carbocycles. The molecule has 3 heterocycles. The first-order chi connectivity index (χ1) is 15.6. The molecule has 1 aliphatic heterocycles. The second-order valence-electron chi connectivity index (χ2n) is 8.13. The molecule has 4 aromatic rings. The van der Waals surface area contributed by atoms with Crippen LogP contribution in [-0.2, 0) is 6.54 Å². The number of hydrogen-bond acceptors (Lipinski definition) is 4. The van der Waals surface area contributed by atoms with Gasteiger partial charge in [0.1, 0.15) is 5.75 Å². The minimum atomic E-state index is -0.111. The maximum Gasteiger partial charge on any atom is 0.255 e. The van der Waals surface area contributed by atoms with E-state index in [0.717, 1.165) is 40.8 Å². The third-order valence-corrected chi connectivity index (χ3v) is 6.36. The van der Waals surface area contributed by atoms with Gasteiger partial charge in [0.2, 0.25) is 0 Å². The van der Waals surface area contributed by atoms with Crippen molar-refractivity contribution in [2.24, 2.45) is 0 Å². The Morgan fingerprint density at radius 1 is 1.03 bits per heavy atom. The van der Waals surface area contributed by atoms with Crippen LogP contribution in [0.5, 0.6) is 5.75 Å². The number of likely N-dealkylation sites (tertiary alicyclic amines) is 1. The molecule has 0 unspecified atom stereocenters. The summed E-state index contributed by atoms with van der Waals surface area (Å²) in [5.74, 6) is 0.636. The zero-order valence-corrected chi connectivity index (χ0v) is 20.0. The molecule has 33 heavy (non-hydrogen) atoms. The van der Waals surface area contributed by atoms with Crippen LogP contribution in [0.2, 0.25) is 5.02 Å². The minimum absolute atomic E-state index is 0. The van der Waals surface area contributed by atoms with E-state index in [4.69, 9.17) is 16.3 Å². The van der Waals surface area contributed by atoms with E-state index >= 15 is 0 Å². The molecule has 2 aromatic heterocycles. The summed E-state index contributed by atoms with van der Waals surface area (Å²) < 4.78 is 9.13. The first kappa shape index (κ1) is 23.4. The Labute approximate surface area is 203 Å². The van der Waals surface area contributed by atoms with Crippen molar-refractivity contribution >= 4 is 34.9 Å². The van der Waals surface area contributed by atoms with Gasteiger partial charge in [-0.2, -0.15) is 5.10 Å². The topological polar surface area (TPSA) is 52.3 Å². The van der Waals surface area contributed by atoms with Crippen LogP contribution >= 0.6 is 24.0 Å². The highest BCUT2D eigenvalue weighted by atomic mass is 35.5. The van der Waals surface area contributed by atoms with Gasteiger partial charge in [0, 0.05) is 40.5 Å². The summed E-state index contributed by atoms with van der Waals surface area (Å²) in [6.45, 7) is 4.27. The lowest BCUT2D eigenvalue weighted by Gasteiger charge is -2.14. The monoisotopic (exact) mass is 484 g/mol. The van der Waals surface area contributed by atoms with E-state index in [0.29, 0.717) is 10.8 Å². The lowest BCUT2D eigenvalue weighted by molar-refractivity contribution is 0.318. The Kier molecular flexibility index (Phi) is 7.08. The van der Waals surface area contributed by atoms with Gasteiger partial charge in [0.15, 0.2) is 0 Å². The van der Waals surface area contributed by atoms with Crippen molar-refractivity contribution in [2.45, 2.75) is 19.4 Å². The molecule has 0 atom stereocenters. The third kappa shape index (κ3) is 4.78. The molecule has 1 saturated heterocycles. The lowest BCUT2D eigenvalue weighted by atomic mass is 10.1. The Bertz CT molecular complexity index is 1330. The Hall–Kier alpha value is -2.80. The summed E-state index contributed by atoms with van der Waals surface area (Å²) in [5.41, 5.74) is 3.41. The van der Waals surface area contributed by atoms with E-state index in [2.05, 4.69) is 14.7 Å². The van der Waals surface area contributed by atoms with E-state index in [-0.39, 0.29) is 18.0 Å². The molecular weight excluding hydrogens is 459 g/mol. The van der Waals surface area contributed by atoms with Crippen molar-refractivity contribution in [1.82, 2.24) is 19.2 Å². The normalized spacial score (nSPS) is 13.9. The van der Waals surface area contributed by atoms with Crippen molar-refractivity contribution in [2.75, 3.05) is 26.7 Å². The SMILES string of the molecule is COc1cc(Cl)ccc1-c1ccn(-c2ccc3c(cnn3CCN3CCCC3)c2)c(=O)c1.Cl. The van der Waals surface area contributed by atoms with Gasteiger partial charge in [-0.3, -0.25) is 14.0 Å². The second kappa shape index (κ2) is 10.00. The smallest absolute Gasteiger partial charge is 0.255 e. The summed E-state index contributed by atoms with van der Waals surface area (Å²) in [6, 6.07) is 15.0. The molecule has 0 radical (unpaired) electrons. The third-order valence-electron chi connectivity index (χ3n) is 6.12. The number of aromatic nitrogens is 3. The van der Waals surface area contributed by atoms with Gasteiger partial charge in [-0.1, -0.05) is 11.6 Å². The van der Waals surface area contributed by atoms with E-state index < -0.39 is 0 Å². The minimum Gasteiger partial charge on any atom is -0.496 e. The standard InChI is InChI=1S/C25H25ClN4O2.ClH/c1-32-24-16-20(26)4-6-22(24)18-8-11-29(25(31)15-18)21-5-7-23-19(14-21)17-27-30(23)13-12-28-9-2-3-10-28;/h4-8,11,14-17H,2-3,9-10,12-13H2,1H3;1H. The van der Waals surface area contributed by atoms with Gasteiger partial charge in [-0.15, -0.1) is 12.4 Å². The number of rotatable bonds is 6. The summed E-state index contributed by atoms with van der Waals surface area (Å²) in [6.07, 6.45) is 6.26. The quantitative estimate of drug-likeness (QED) is 0.384. The largest absolute Gasteiger partial charge is 0.496 e. The number of fused-ring (bicyclic) bond motifs is 1. The molecule has 5 rings (SSSR count). The van der Waals surface area contributed by atoms with Crippen LogP contribution in [-0.4, -0.2) is 46.0 Å². The summed E-state index contributed by atoms with van der Waals surface area (Å²) in [5, 5.41) is 6.19. The highest BCUT2D eigenvalue weighted by Crippen LogP contribution is 2.31. The molecule has 1 fully saturated rings. The number of nitrogens with zero attached hydrogens (tertiary/aromatic N) is 4. The first-order valence-electron chi connectivity index (χ1n) is 10.9. The first-order valence-corrected chi connectivity index (χ1v) is 11.2. The number of ether oxygens (including phenoxy) is 1. The zero-order chi connectivity index (χ0) is 22.1. The average Bonchev–Trinajstić information content (AvgIpc) is 3.47. The van der Waals surface area contributed by atoms with Gasteiger partial charge in [-0.05, 0) is 74.0 Å². The van der Waals surface area contributed by atoms with E-state index in [1.54, 1.807) is 36.1 Å². The van der Waals surface area contributed by atoms with Gasteiger partial charge in [0.05, 0.1) is 25.4 Å². The molecule has 0 aliphatic carbocycles. The van der Waals surface area contributed by atoms with Crippen LogP contribution in [0.25, 0.3) is 27.7 Å². The molecule has 0 N–H and O–H groups in total. The van der Waals surface area contributed by atoms with Crippen LogP contribution in [0.1, 0.15) is 12.8 Å². The molecule has 0 bridgehead atoms. The fourth-order valence-electron chi connectivity index (χ4n) is 4.41. The number of pyridine rings is 1. The second-order valence-corrected chi connectivity index (χ2v) is 8.56. The van der Waals surface area contributed by atoms with Crippen LogP contribution < -0.4 is 10.3 Å². The van der Waals surface area contributed by atoms with Gasteiger partial charge >= 0.3 is 0 Å². The molecule has 6 nitrogen and oxygen atoms in total. The Balaban J connectivity index is 0.00000259. The van der Waals surface area contributed by atoms with Gasteiger partial charge in [-0.25, -0.2) is 0 Å². The van der Waals surface area contributed by atoms with E-state index in [1.807, 2.05) is 36.5 Å². The predicted octanol–water partition coefficient (Wildman–Crippen LogP) is 5.03. The van der Waals surface area contributed by atoms with Crippen molar-refractivity contribution in [3.05, 3.63) is 76.3 Å². The molecule has 2 aromatic carbocycles. The molecule has 8 heteroatoms. The molecule has 1 aliphatic rings. The van der Waals surface area contributed by atoms with Crippen LogP contribution in [0.4, 0.5) is 0 Å². The summed E-state index contributed by atoms with van der Waals surface area (Å²) >= 11 is 6.07. The van der Waals surface area contributed by atoms with Crippen molar-refractivity contribution in [3.8, 4) is 22.6 Å². The Morgan fingerprint density at radius 3 is 2.61 bits per heavy atom. The molecule has 0 spiro atoms. The van der Waals surface area contributed by atoms with Crippen LogP contribution in [0.15, 0.2) is 65.7 Å². The molecular formula is C25H26Cl2N4O2. The van der Waals surface area contributed by atoms with Crippen LogP contribution in [0.3, 0.4) is 0 Å². The van der Waals surface area contributed by atoms with Crippen molar-refractivity contribution in [3.63, 3.8) is 0 Å². The highest BCUT2D eigenvalue weighted by Gasteiger charge is 2.13. The summed E-state index contributed by atoms with van der Waals surface area (Å²) in [7, 11) is 1.59. The predicted molar refractivity (Wildman–Crippen MR) is 135 cm³/mol. The highest BCUT2D eigenvalue weighted by molar-refractivity contribution is 6.30. The maximum absolute atomic E-state index is 12.9. The van der Waals surface area contributed by atoms with Gasteiger partial charge < -0.3 is 9.64 Å². The fourth-order valence-corrected chi connectivity index (χ4v) is 4.57. The van der Waals surface area contributed by atoms with E-state index in [1.165, 1.54) is 25.9 Å². The molecule has 172 valence electrons. The number of benzene rings is 2. The average molecular weight is 485 g/mol. The maximum atomic E-state index is 12.9. The van der Waals surface area contributed by atoms with Crippen molar-refractivity contribution in [1.29, 1.82) is 0 Å². The van der Waals surface area contributed by atoms with E-state index in [9.17, 15) is 4.79 Å². The number of hydrogen-bond donors (Lipinski definition) is 0. The van der Waals surface area contributed by atoms with Gasteiger partial charge in [0.25, 0.3) is 5.56 Å². The van der Waals surface area contributed by atoms with Crippen molar-refractivity contribution < 1.29 is 4.74 Å². The zero-order valence-electron chi connectivity index (χ0n) is 18.4. The summed E-state index contributed by atoms with van der Waals surface area (Å²) in [4.78, 5) is 15.4. The van der Waals surface area contributed by atoms with Crippen LogP contribution in [0, 0.1) is 0 Å².